The molecule has 3 aromatic rings. The van der Waals surface area contributed by atoms with Gasteiger partial charge in [0.1, 0.15) is 17.2 Å². The van der Waals surface area contributed by atoms with Gasteiger partial charge in [0.25, 0.3) is 0 Å². The van der Waals surface area contributed by atoms with Crippen molar-refractivity contribution in [2.75, 3.05) is 5.32 Å². The molecule has 0 spiro atoms. The van der Waals surface area contributed by atoms with E-state index in [0.29, 0.717) is 12.4 Å². The molecule has 124 valence electrons. The van der Waals surface area contributed by atoms with Gasteiger partial charge in [-0.2, -0.15) is 4.98 Å². The molecule has 0 aliphatic carbocycles. The average Bonchev–Trinajstić information content (AvgIpc) is 3.05. The first-order chi connectivity index (χ1) is 10.5. The molecule has 0 bridgehead atoms. The van der Waals surface area contributed by atoms with Gasteiger partial charge < -0.3 is 20.5 Å². The summed E-state index contributed by atoms with van der Waals surface area (Å²) in [7, 11) is 0. The molecule has 0 saturated carbocycles. The summed E-state index contributed by atoms with van der Waals surface area (Å²) in [5, 5.41) is 4.39. The van der Waals surface area contributed by atoms with Crippen molar-refractivity contribution in [1.82, 2.24) is 15.0 Å². The van der Waals surface area contributed by atoms with Gasteiger partial charge >= 0.3 is 0 Å². The third-order valence-electron chi connectivity index (χ3n) is 3.51. The van der Waals surface area contributed by atoms with Crippen molar-refractivity contribution < 1.29 is 4.42 Å². The number of hydrogen-bond acceptors (Lipinski definition) is 5. The van der Waals surface area contributed by atoms with Gasteiger partial charge in [-0.25, -0.2) is 4.98 Å². The highest BCUT2D eigenvalue weighted by molar-refractivity contribution is 6.28. The maximum absolute atomic E-state index is 6.02. The molecular formula is C15H19Cl2N5O. The molecule has 0 amide bonds. The Kier molecular flexibility index (Phi) is 5.51. The number of nitrogens with one attached hydrogen (secondary N) is 2. The van der Waals surface area contributed by atoms with Gasteiger partial charge in [0.15, 0.2) is 0 Å². The Morgan fingerprint density at radius 2 is 2.22 bits per heavy atom. The van der Waals surface area contributed by atoms with Crippen LogP contribution in [-0.2, 0) is 13.0 Å². The maximum Gasteiger partial charge on any atom is 0.226 e. The molecule has 0 aliphatic heterocycles. The maximum atomic E-state index is 6.02. The van der Waals surface area contributed by atoms with Crippen LogP contribution < -0.4 is 11.1 Å². The summed E-state index contributed by atoms with van der Waals surface area (Å²) in [6.45, 7) is 4.54. The second-order valence-corrected chi connectivity index (χ2v) is 5.75. The van der Waals surface area contributed by atoms with E-state index in [4.69, 9.17) is 21.8 Å². The van der Waals surface area contributed by atoms with E-state index in [9.17, 15) is 0 Å². The second-order valence-electron chi connectivity index (χ2n) is 5.41. The molecule has 1 atom stereocenters. The number of halogens is 2. The molecular weight excluding hydrogens is 337 g/mol. The fraction of sp³-hybridized carbons (Fsp3) is 0.333. The van der Waals surface area contributed by atoms with Crippen LogP contribution in [0.15, 0.2) is 22.8 Å². The Hall–Kier alpha value is -1.76. The van der Waals surface area contributed by atoms with Crippen LogP contribution in [0.25, 0.3) is 11.0 Å². The predicted octanol–water partition coefficient (Wildman–Crippen LogP) is 3.44. The first kappa shape index (κ1) is 17.6. The molecule has 0 saturated heterocycles. The van der Waals surface area contributed by atoms with Gasteiger partial charge in [0, 0.05) is 18.2 Å². The van der Waals surface area contributed by atoms with Gasteiger partial charge in [0.2, 0.25) is 5.28 Å². The zero-order valence-corrected chi connectivity index (χ0v) is 14.5. The third-order valence-corrected chi connectivity index (χ3v) is 3.68. The van der Waals surface area contributed by atoms with E-state index in [1.807, 2.05) is 26.0 Å². The number of aromatic amines is 1. The molecule has 23 heavy (non-hydrogen) atoms. The molecule has 3 aromatic heterocycles. The summed E-state index contributed by atoms with van der Waals surface area (Å²) in [5.41, 5.74) is 8.76. The van der Waals surface area contributed by atoms with Gasteiger partial charge in [-0.05, 0) is 43.1 Å². The summed E-state index contributed by atoms with van der Waals surface area (Å²) >= 11 is 6.02. The average molecular weight is 356 g/mol. The van der Waals surface area contributed by atoms with Crippen molar-refractivity contribution in [1.29, 1.82) is 0 Å². The highest BCUT2D eigenvalue weighted by Crippen LogP contribution is 2.28. The fourth-order valence-electron chi connectivity index (χ4n) is 2.50. The second kappa shape index (κ2) is 7.21. The molecule has 3 heterocycles. The minimum atomic E-state index is 0. The Balaban J connectivity index is 0.00000192. The van der Waals surface area contributed by atoms with Crippen LogP contribution >= 0.6 is 24.0 Å². The van der Waals surface area contributed by atoms with Crippen LogP contribution in [0.2, 0.25) is 5.28 Å². The summed E-state index contributed by atoms with van der Waals surface area (Å²) in [6.07, 6.45) is 2.39. The number of anilines is 1. The quantitative estimate of drug-likeness (QED) is 0.609. The topological polar surface area (TPSA) is 92.8 Å². The largest absolute Gasteiger partial charge is 0.467 e. The number of nitrogens with two attached hydrogens (primary N) is 1. The third kappa shape index (κ3) is 3.77. The first-order valence-electron chi connectivity index (χ1n) is 7.11. The molecule has 6 nitrogen and oxygen atoms in total. The molecule has 0 aliphatic rings. The number of nitrogens with zero attached hydrogens (tertiary/aromatic N) is 2. The highest BCUT2D eigenvalue weighted by atomic mass is 35.5. The van der Waals surface area contributed by atoms with E-state index in [-0.39, 0.29) is 23.7 Å². The lowest BCUT2D eigenvalue weighted by Gasteiger charge is -2.07. The molecule has 8 heteroatoms. The first-order valence-corrected chi connectivity index (χ1v) is 7.49. The van der Waals surface area contributed by atoms with Crippen LogP contribution in [-0.4, -0.2) is 21.0 Å². The summed E-state index contributed by atoms with van der Waals surface area (Å²) < 4.78 is 5.32. The van der Waals surface area contributed by atoms with Crippen molar-refractivity contribution in [2.45, 2.75) is 32.9 Å². The van der Waals surface area contributed by atoms with Crippen LogP contribution in [0.4, 0.5) is 5.82 Å². The lowest BCUT2D eigenvalue weighted by molar-refractivity contribution is 0.518. The number of aryl methyl sites for hydroxylation is 1. The minimum absolute atomic E-state index is 0. The molecule has 0 fully saturated rings. The lowest BCUT2D eigenvalue weighted by atomic mass is 10.1. The van der Waals surface area contributed by atoms with Gasteiger partial charge in [0.05, 0.1) is 18.2 Å². The minimum Gasteiger partial charge on any atom is -0.467 e. The summed E-state index contributed by atoms with van der Waals surface area (Å²) in [5.74, 6) is 1.52. The molecule has 3 rings (SSSR count). The number of fused-ring (bicyclic) bond motifs is 1. The smallest absolute Gasteiger partial charge is 0.226 e. The lowest BCUT2D eigenvalue weighted by Crippen LogP contribution is -2.18. The molecule has 4 N–H and O–H groups in total. The Labute approximate surface area is 145 Å². The predicted molar refractivity (Wildman–Crippen MR) is 94.3 cm³/mol. The van der Waals surface area contributed by atoms with Crippen molar-refractivity contribution in [2.24, 2.45) is 5.73 Å². The number of aromatic nitrogens is 3. The summed E-state index contributed by atoms with van der Waals surface area (Å²) in [4.78, 5) is 11.9. The monoisotopic (exact) mass is 355 g/mol. The van der Waals surface area contributed by atoms with Crippen LogP contribution in [0, 0.1) is 6.92 Å². The Bertz CT molecular complexity index is 783. The summed E-state index contributed by atoms with van der Waals surface area (Å²) in [6, 6.07) is 3.81. The van der Waals surface area contributed by atoms with Crippen molar-refractivity contribution in [3.05, 3.63) is 40.7 Å². The fourth-order valence-corrected chi connectivity index (χ4v) is 2.67. The standard InChI is InChI=1S/C15H18ClN5O.ClH/c1-8(17)6-11-9(2)12-13(18-7-10-4-3-5-22-10)20-15(16)21-14(12)19-11;/h3-5,8H,6-7,17H2,1-2H3,(H2,18,19,20,21);1H/t8-;/m0./s1. The van der Waals surface area contributed by atoms with E-state index >= 15 is 0 Å². The van der Waals surface area contributed by atoms with E-state index < -0.39 is 0 Å². The Morgan fingerprint density at radius 3 is 2.87 bits per heavy atom. The highest BCUT2D eigenvalue weighted by Gasteiger charge is 2.16. The van der Waals surface area contributed by atoms with Gasteiger partial charge in [-0.1, -0.05) is 0 Å². The van der Waals surface area contributed by atoms with Crippen molar-refractivity contribution in [3.8, 4) is 0 Å². The Morgan fingerprint density at radius 1 is 1.43 bits per heavy atom. The van der Waals surface area contributed by atoms with Gasteiger partial charge in [-0.15, -0.1) is 12.4 Å². The number of rotatable bonds is 5. The van der Waals surface area contributed by atoms with E-state index in [0.717, 1.165) is 34.5 Å². The van der Waals surface area contributed by atoms with E-state index in [1.165, 1.54) is 0 Å². The van der Waals surface area contributed by atoms with Crippen molar-refractivity contribution >= 4 is 40.9 Å². The number of H-pyrrole nitrogens is 1. The number of furan rings is 1. The molecule has 0 aromatic carbocycles. The van der Waals surface area contributed by atoms with Crippen LogP contribution in [0.1, 0.15) is 23.9 Å². The van der Waals surface area contributed by atoms with E-state index in [1.54, 1.807) is 6.26 Å². The van der Waals surface area contributed by atoms with Gasteiger partial charge in [-0.3, -0.25) is 0 Å². The zero-order valence-electron chi connectivity index (χ0n) is 12.9. The van der Waals surface area contributed by atoms with Crippen LogP contribution in [0.5, 0.6) is 0 Å². The van der Waals surface area contributed by atoms with Crippen molar-refractivity contribution in [3.63, 3.8) is 0 Å². The normalized spacial score (nSPS) is 12.2. The number of hydrogen-bond donors (Lipinski definition) is 3. The van der Waals surface area contributed by atoms with Crippen LogP contribution in [0.3, 0.4) is 0 Å². The zero-order chi connectivity index (χ0) is 15.7. The molecule has 0 unspecified atom stereocenters. The van der Waals surface area contributed by atoms with E-state index in [2.05, 4.69) is 20.3 Å². The molecule has 0 radical (unpaired) electrons. The SMILES string of the molecule is Cc1c(C[C@H](C)N)[nH]c2nc(Cl)nc(NCc3ccco3)c12.Cl.